The zero-order valence-electron chi connectivity index (χ0n) is 9.41. The summed E-state index contributed by atoms with van der Waals surface area (Å²) in [7, 11) is 0. The van der Waals surface area contributed by atoms with Gasteiger partial charge in [-0.15, -0.1) is 6.58 Å². The molecule has 1 aromatic rings. The fourth-order valence-corrected chi connectivity index (χ4v) is 1.38. The summed E-state index contributed by atoms with van der Waals surface area (Å²) in [4.78, 5) is 13.0. The van der Waals surface area contributed by atoms with E-state index in [0.717, 1.165) is 17.0 Å². The molecule has 0 fully saturated rings. The second kappa shape index (κ2) is 4.77. The van der Waals surface area contributed by atoms with Crippen LogP contribution in [-0.2, 0) is 11.3 Å². The Labute approximate surface area is 89.5 Å². The molecule has 0 bridgehead atoms. The van der Waals surface area contributed by atoms with E-state index in [9.17, 15) is 4.79 Å². The van der Waals surface area contributed by atoms with E-state index in [4.69, 9.17) is 4.52 Å². The van der Waals surface area contributed by atoms with Gasteiger partial charge in [-0.25, -0.2) is 0 Å². The van der Waals surface area contributed by atoms with Crippen LogP contribution in [0.4, 0.5) is 0 Å². The van der Waals surface area contributed by atoms with Crippen molar-refractivity contribution in [2.24, 2.45) is 0 Å². The van der Waals surface area contributed by atoms with Gasteiger partial charge in [0, 0.05) is 19.0 Å². The van der Waals surface area contributed by atoms with E-state index >= 15 is 0 Å². The zero-order valence-corrected chi connectivity index (χ0v) is 9.41. The predicted octanol–water partition coefficient (Wildman–Crippen LogP) is 1.83. The molecule has 0 aliphatic carbocycles. The average molecular weight is 208 g/mol. The lowest BCUT2D eigenvalue weighted by Gasteiger charge is -2.18. The van der Waals surface area contributed by atoms with Gasteiger partial charge in [0.25, 0.3) is 0 Å². The fourth-order valence-electron chi connectivity index (χ4n) is 1.38. The molecule has 0 radical (unpaired) electrons. The van der Waals surface area contributed by atoms with Gasteiger partial charge >= 0.3 is 0 Å². The number of hydrogen-bond acceptors (Lipinski definition) is 3. The van der Waals surface area contributed by atoms with Crippen LogP contribution in [-0.4, -0.2) is 22.5 Å². The summed E-state index contributed by atoms with van der Waals surface area (Å²) in [6, 6.07) is 0. The van der Waals surface area contributed by atoms with Crippen LogP contribution in [0.5, 0.6) is 0 Å². The number of nitrogens with zero attached hydrogens (tertiary/aromatic N) is 2. The van der Waals surface area contributed by atoms with Gasteiger partial charge in [-0.1, -0.05) is 11.2 Å². The van der Waals surface area contributed by atoms with E-state index in [-0.39, 0.29) is 5.91 Å². The van der Waals surface area contributed by atoms with E-state index in [0.29, 0.717) is 13.1 Å². The van der Waals surface area contributed by atoms with Crippen molar-refractivity contribution < 1.29 is 9.32 Å². The molecule has 0 N–H and O–H groups in total. The monoisotopic (exact) mass is 208 g/mol. The van der Waals surface area contributed by atoms with Crippen molar-refractivity contribution >= 4 is 5.91 Å². The van der Waals surface area contributed by atoms with Crippen LogP contribution < -0.4 is 0 Å². The number of aryl methyl sites for hydroxylation is 2. The van der Waals surface area contributed by atoms with Gasteiger partial charge in [-0.2, -0.15) is 0 Å². The Bertz CT molecular complexity index is 349. The van der Waals surface area contributed by atoms with Crippen molar-refractivity contribution in [2.45, 2.75) is 27.3 Å². The first-order valence-electron chi connectivity index (χ1n) is 4.84. The number of amides is 1. The Kier molecular flexibility index (Phi) is 3.66. The van der Waals surface area contributed by atoms with Crippen molar-refractivity contribution in [3.05, 3.63) is 29.7 Å². The summed E-state index contributed by atoms with van der Waals surface area (Å²) in [5, 5.41) is 3.85. The largest absolute Gasteiger partial charge is 0.361 e. The Morgan fingerprint density at radius 2 is 2.27 bits per heavy atom. The third-order valence-corrected chi connectivity index (χ3v) is 2.33. The maximum Gasteiger partial charge on any atom is 0.220 e. The van der Waals surface area contributed by atoms with Crippen LogP contribution in [0, 0.1) is 13.8 Å². The molecule has 0 atom stereocenters. The van der Waals surface area contributed by atoms with Crippen LogP contribution in [0.2, 0.25) is 0 Å². The molecule has 1 amide bonds. The molecule has 1 heterocycles. The van der Waals surface area contributed by atoms with Gasteiger partial charge in [0.05, 0.1) is 12.2 Å². The lowest BCUT2D eigenvalue weighted by atomic mass is 10.2. The summed E-state index contributed by atoms with van der Waals surface area (Å²) in [5.74, 6) is 0.790. The molecule has 0 spiro atoms. The van der Waals surface area contributed by atoms with Crippen molar-refractivity contribution in [2.75, 3.05) is 6.54 Å². The van der Waals surface area contributed by atoms with Gasteiger partial charge in [-0.05, 0) is 13.8 Å². The van der Waals surface area contributed by atoms with Crippen molar-refractivity contribution in [3.63, 3.8) is 0 Å². The molecule has 0 aromatic carbocycles. The van der Waals surface area contributed by atoms with Crippen molar-refractivity contribution in [1.82, 2.24) is 10.1 Å². The van der Waals surface area contributed by atoms with E-state index in [1.807, 2.05) is 13.8 Å². The topological polar surface area (TPSA) is 46.3 Å². The first-order chi connectivity index (χ1) is 7.06. The Morgan fingerprint density at radius 3 is 2.67 bits per heavy atom. The maximum absolute atomic E-state index is 11.3. The molecule has 0 aliphatic heterocycles. The van der Waals surface area contributed by atoms with Crippen LogP contribution in [0.15, 0.2) is 17.2 Å². The summed E-state index contributed by atoms with van der Waals surface area (Å²) in [5.41, 5.74) is 1.81. The van der Waals surface area contributed by atoms with Crippen LogP contribution >= 0.6 is 0 Å². The number of carbonyl (C=O) groups is 1. The summed E-state index contributed by atoms with van der Waals surface area (Å²) < 4.78 is 5.04. The quantitative estimate of drug-likeness (QED) is 0.709. The minimum atomic E-state index is 0.0231. The lowest BCUT2D eigenvalue weighted by molar-refractivity contribution is -0.128. The molecule has 15 heavy (non-hydrogen) atoms. The molecule has 4 heteroatoms. The Balaban J connectivity index is 2.82. The third-order valence-electron chi connectivity index (χ3n) is 2.33. The Hall–Kier alpha value is -1.58. The lowest BCUT2D eigenvalue weighted by Crippen LogP contribution is -2.28. The minimum Gasteiger partial charge on any atom is -0.361 e. The SMILES string of the molecule is C=CCN(Cc1c(C)noc1C)C(C)=O. The molecule has 0 aliphatic rings. The van der Waals surface area contributed by atoms with E-state index in [1.165, 1.54) is 0 Å². The molecule has 0 unspecified atom stereocenters. The molecule has 1 aromatic heterocycles. The van der Waals surface area contributed by atoms with E-state index < -0.39 is 0 Å². The first kappa shape index (κ1) is 11.5. The second-order valence-corrected chi connectivity index (χ2v) is 3.49. The Morgan fingerprint density at radius 1 is 1.60 bits per heavy atom. The highest BCUT2D eigenvalue weighted by Crippen LogP contribution is 2.14. The highest BCUT2D eigenvalue weighted by Gasteiger charge is 2.14. The van der Waals surface area contributed by atoms with Crippen LogP contribution in [0.1, 0.15) is 23.9 Å². The normalized spacial score (nSPS) is 10.1. The average Bonchev–Trinajstić information content (AvgIpc) is 2.48. The van der Waals surface area contributed by atoms with Crippen molar-refractivity contribution in [3.8, 4) is 0 Å². The van der Waals surface area contributed by atoms with Crippen molar-refractivity contribution in [1.29, 1.82) is 0 Å². The smallest absolute Gasteiger partial charge is 0.220 e. The van der Waals surface area contributed by atoms with Crippen LogP contribution in [0.3, 0.4) is 0 Å². The number of rotatable bonds is 4. The fraction of sp³-hybridized carbons (Fsp3) is 0.455. The molecule has 4 nitrogen and oxygen atoms in total. The minimum absolute atomic E-state index is 0.0231. The molecular formula is C11H16N2O2. The number of hydrogen-bond donors (Lipinski definition) is 0. The maximum atomic E-state index is 11.3. The molecule has 1 rings (SSSR count). The summed E-state index contributed by atoms with van der Waals surface area (Å²) >= 11 is 0. The standard InChI is InChI=1S/C11H16N2O2/c1-5-6-13(10(4)14)7-11-8(2)12-15-9(11)3/h5H,1,6-7H2,2-4H3. The van der Waals surface area contributed by atoms with Gasteiger partial charge in [-0.3, -0.25) is 4.79 Å². The highest BCUT2D eigenvalue weighted by molar-refractivity contribution is 5.73. The van der Waals surface area contributed by atoms with Gasteiger partial charge in [0.2, 0.25) is 5.91 Å². The predicted molar refractivity (Wildman–Crippen MR) is 57.3 cm³/mol. The van der Waals surface area contributed by atoms with Gasteiger partial charge < -0.3 is 9.42 Å². The number of aromatic nitrogens is 1. The zero-order chi connectivity index (χ0) is 11.4. The van der Waals surface area contributed by atoms with Gasteiger partial charge in [0.15, 0.2) is 0 Å². The molecular weight excluding hydrogens is 192 g/mol. The van der Waals surface area contributed by atoms with E-state index in [1.54, 1.807) is 17.9 Å². The second-order valence-electron chi connectivity index (χ2n) is 3.49. The van der Waals surface area contributed by atoms with Crippen LogP contribution in [0.25, 0.3) is 0 Å². The van der Waals surface area contributed by atoms with E-state index in [2.05, 4.69) is 11.7 Å². The molecule has 82 valence electrons. The summed E-state index contributed by atoms with van der Waals surface area (Å²) in [6.07, 6.45) is 1.71. The molecule has 0 saturated carbocycles. The summed E-state index contributed by atoms with van der Waals surface area (Å²) in [6.45, 7) is 9.96. The third kappa shape index (κ3) is 2.68. The van der Waals surface area contributed by atoms with Gasteiger partial charge in [0.1, 0.15) is 5.76 Å². The highest BCUT2D eigenvalue weighted by atomic mass is 16.5. The molecule has 0 saturated heterocycles. The first-order valence-corrected chi connectivity index (χ1v) is 4.84. The number of carbonyl (C=O) groups excluding carboxylic acids is 1.